The van der Waals surface area contributed by atoms with Crippen LogP contribution in [0, 0.1) is 0 Å². The predicted molar refractivity (Wildman–Crippen MR) is 127 cm³/mol. The van der Waals surface area contributed by atoms with Crippen molar-refractivity contribution in [1.29, 1.82) is 0 Å². The van der Waals surface area contributed by atoms with Gasteiger partial charge in [-0.1, -0.05) is 36.4 Å². The Hall–Kier alpha value is -2.99. The maximum absolute atomic E-state index is 13.2. The molecule has 6 nitrogen and oxygen atoms in total. The first kappa shape index (κ1) is 23.7. The molecule has 1 unspecified atom stereocenters. The highest BCUT2D eigenvalue weighted by Gasteiger charge is 2.28. The van der Waals surface area contributed by atoms with Crippen LogP contribution < -0.4 is 14.2 Å². The number of ether oxygens (including phenoxy) is 3. The lowest BCUT2D eigenvalue weighted by Crippen LogP contribution is -2.48. The molecule has 0 N–H and O–H groups in total. The highest BCUT2D eigenvalue weighted by molar-refractivity contribution is 5.82. The zero-order valence-electron chi connectivity index (χ0n) is 19.8. The van der Waals surface area contributed by atoms with Crippen LogP contribution in [0.15, 0.2) is 48.5 Å². The Morgan fingerprint density at radius 3 is 2.22 bits per heavy atom. The van der Waals surface area contributed by atoms with Gasteiger partial charge in [0.05, 0.1) is 32.9 Å². The summed E-state index contributed by atoms with van der Waals surface area (Å²) in [6.07, 6.45) is 2.98. The van der Waals surface area contributed by atoms with Gasteiger partial charge in [0.15, 0.2) is 0 Å². The molecule has 2 aromatic rings. The average Bonchev–Trinajstić information content (AvgIpc) is 2.86. The van der Waals surface area contributed by atoms with Gasteiger partial charge in [0.1, 0.15) is 17.2 Å². The molecule has 0 aliphatic carbocycles. The summed E-state index contributed by atoms with van der Waals surface area (Å²) in [6.45, 7) is 6.85. The zero-order chi connectivity index (χ0) is 23.1. The molecule has 0 saturated carbocycles. The van der Waals surface area contributed by atoms with Crippen molar-refractivity contribution in [1.82, 2.24) is 9.80 Å². The number of hydrogen-bond acceptors (Lipinski definition) is 5. The van der Waals surface area contributed by atoms with Crippen LogP contribution in [0.25, 0.3) is 5.57 Å². The minimum atomic E-state index is -0.184. The van der Waals surface area contributed by atoms with E-state index in [1.165, 1.54) is 0 Å². The van der Waals surface area contributed by atoms with Gasteiger partial charge < -0.3 is 19.1 Å². The maximum atomic E-state index is 13.2. The van der Waals surface area contributed by atoms with Crippen molar-refractivity contribution in [3.8, 4) is 17.2 Å². The topological polar surface area (TPSA) is 51.2 Å². The van der Waals surface area contributed by atoms with E-state index in [0.717, 1.165) is 41.2 Å². The Balaban J connectivity index is 1.74. The van der Waals surface area contributed by atoms with Crippen LogP contribution in [0.1, 0.15) is 31.4 Å². The van der Waals surface area contributed by atoms with Crippen LogP contribution in [-0.4, -0.2) is 62.7 Å². The molecule has 1 heterocycles. The van der Waals surface area contributed by atoms with Gasteiger partial charge in [-0.25, -0.2) is 0 Å². The fraction of sp³-hybridized carbons (Fsp3) is 0.423. The van der Waals surface area contributed by atoms with E-state index < -0.39 is 0 Å². The van der Waals surface area contributed by atoms with E-state index in [9.17, 15) is 4.79 Å². The summed E-state index contributed by atoms with van der Waals surface area (Å²) < 4.78 is 16.6. The number of carbonyl (C=O) groups is 1. The van der Waals surface area contributed by atoms with Crippen molar-refractivity contribution in [3.63, 3.8) is 0 Å². The lowest BCUT2D eigenvalue weighted by molar-refractivity contribution is -0.136. The first-order valence-corrected chi connectivity index (χ1v) is 11.1. The summed E-state index contributed by atoms with van der Waals surface area (Å²) in [7, 11) is 4.93. The van der Waals surface area contributed by atoms with E-state index in [1.54, 1.807) is 21.3 Å². The molecule has 2 aromatic carbocycles. The first-order chi connectivity index (χ1) is 15.5. The van der Waals surface area contributed by atoms with Crippen molar-refractivity contribution in [2.75, 3.05) is 41.0 Å². The number of carbonyl (C=O) groups excluding carboxylic acids is 1. The number of methoxy groups -OCH3 is 3. The molecule has 6 heteroatoms. The summed E-state index contributed by atoms with van der Waals surface area (Å²) >= 11 is 0. The molecule has 1 amide bonds. The Morgan fingerprint density at radius 1 is 1.06 bits per heavy atom. The van der Waals surface area contributed by atoms with Crippen molar-refractivity contribution in [2.45, 2.75) is 32.9 Å². The molecule has 1 aliphatic heterocycles. The number of rotatable bonds is 9. The minimum Gasteiger partial charge on any atom is -0.496 e. The van der Waals surface area contributed by atoms with Crippen LogP contribution in [0.2, 0.25) is 0 Å². The summed E-state index contributed by atoms with van der Waals surface area (Å²) in [5.74, 6) is 2.31. The predicted octanol–water partition coefficient (Wildman–Crippen LogP) is 4.24. The average molecular weight is 439 g/mol. The quantitative estimate of drug-likeness (QED) is 0.586. The molecule has 0 aromatic heterocycles. The molecule has 3 rings (SSSR count). The van der Waals surface area contributed by atoms with Gasteiger partial charge in [-0.15, -0.1) is 0 Å². The van der Waals surface area contributed by atoms with E-state index in [2.05, 4.69) is 23.1 Å². The van der Waals surface area contributed by atoms with E-state index >= 15 is 0 Å². The molecule has 0 fully saturated rings. The number of nitrogens with zero attached hydrogens (tertiary/aromatic N) is 2. The Bertz CT molecular complexity index is 917. The standard InChI is InChI=1S/C26H34N2O4/c1-6-27(18-20-10-8-7-9-11-20)26(29)19(2)28-14-12-21(13-15-28)25-23(31-4)16-22(30-3)17-24(25)32-5/h7-12,16-17,19H,6,13-15,18H2,1-5H3. The lowest BCUT2D eigenvalue weighted by Gasteiger charge is -2.34. The number of amides is 1. The normalized spacial score (nSPS) is 15.0. The van der Waals surface area contributed by atoms with Crippen LogP contribution in [0.5, 0.6) is 17.2 Å². The van der Waals surface area contributed by atoms with Gasteiger partial charge in [0.2, 0.25) is 5.91 Å². The molecule has 172 valence electrons. The molecule has 32 heavy (non-hydrogen) atoms. The third-order valence-corrected chi connectivity index (χ3v) is 6.09. The second-order valence-corrected chi connectivity index (χ2v) is 7.90. The first-order valence-electron chi connectivity index (χ1n) is 11.1. The molecule has 1 aliphatic rings. The van der Waals surface area contributed by atoms with Gasteiger partial charge in [-0.2, -0.15) is 0 Å². The number of benzene rings is 2. The van der Waals surface area contributed by atoms with E-state index in [0.29, 0.717) is 25.4 Å². The number of likely N-dealkylation sites (N-methyl/N-ethyl adjacent to an activating group) is 1. The molecule has 0 radical (unpaired) electrons. The Kier molecular flexibility index (Phi) is 8.17. The zero-order valence-corrected chi connectivity index (χ0v) is 19.8. The van der Waals surface area contributed by atoms with Gasteiger partial charge in [-0.05, 0) is 31.4 Å². The Labute approximate surface area is 191 Å². The second kappa shape index (κ2) is 11.0. The monoisotopic (exact) mass is 438 g/mol. The summed E-state index contributed by atoms with van der Waals surface area (Å²) in [5.41, 5.74) is 3.26. The molecular weight excluding hydrogens is 404 g/mol. The Morgan fingerprint density at radius 2 is 1.72 bits per heavy atom. The lowest BCUT2D eigenvalue weighted by atomic mass is 9.96. The smallest absolute Gasteiger partial charge is 0.239 e. The van der Waals surface area contributed by atoms with E-state index in [1.807, 2.05) is 49.1 Å². The largest absolute Gasteiger partial charge is 0.496 e. The molecule has 0 bridgehead atoms. The number of hydrogen-bond donors (Lipinski definition) is 0. The summed E-state index contributed by atoms with van der Waals surface area (Å²) in [5, 5.41) is 0. The van der Waals surface area contributed by atoms with E-state index in [4.69, 9.17) is 14.2 Å². The third-order valence-electron chi connectivity index (χ3n) is 6.09. The van der Waals surface area contributed by atoms with Gasteiger partial charge in [-0.3, -0.25) is 9.69 Å². The summed E-state index contributed by atoms with van der Waals surface area (Å²) in [4.78, 5) is 17.4. The van der Waals surface area contributed by atoms with Gasteiger partial charge in [0, 0.05) is 38.3 Å². The fourth-order valence-corrected chi connectivity index (χ4v) is 4.16. The third kappa shape index (κ3) is 5.25. The SMILES string of the molecule is CCN(Cc1ccccc1)C(=O)C(C)N1CC=C(c2c(OC)cc(OC)cc2OC)CC1. The van der Waals surface area contributed by atoms with Crippen molar-refractivity contribution < 1.29 is 19.0 Å². The van der Waals surface area contributed by atoms with E-state index in [-0.39, 0.29) is 11.9 Å². The molecule has 0 saturated heterocycles. The van der Waals surface area contributed by atoms with Crippen molar-refractivity contribution in [2.24, 2.45) is 0 Å². The maximum Gasteiger partial charge on any atom is 0.239 e. The van der Waals surface area contributed by atoms with Crippen LogP contribution in [0.3, 0.4) is 0 Å². The van der Waals surface area contributed by atoms with Gasteiger partial charge >= 0.3 is 0 Å². The van der Waals surface area contributed by atoms with Gasteiger partial charge in [0.25, 0.3) is 0 Å². The molecular formula is C26H34N2O4. The van der Waals surface area contributed by atoms with Crippen LogP contribution >= 0.6 is 0 Å². The van der Waals surface area contributed by atoms with Crippen LogP contribution in [-0.2, 0) is 11.3 Å². The minimum absolute atomic E-state index is 0.160. The van der Waals surface area contributed by atoms with Crippen molar-refractivity contribution >= 4 is 11.5 Å². The highest BCUT2D eigenvalue weighted by Crippen LogP contribution is 2.41. The highest BCUT2D eigenvalue weighted by atomic mass is 16.5. The van der Waals surface area contributed by atoms with Crippen LogP contribution in [0.4, 0.5) is 0 Å². The molecule has 1 atom stereocenters. The fourth-order valence-electron chi connectivity index (χ4n) is 4.16. The van der Waals surface area contributed by atoms with Crippen molar-refractivity contribution in [3.05, 3.63) is 59.7 Å². The summed E-state index contributed by atoms with van der Waals surface area (Å²) in [6, 6.07) is 13.7. The molecule has 0 spiro atoms. The second-order valence-electron chi connectivity index (χ2n) is 7.90.